The molecule has 2 N–H and O–H groups in total. The predicted molar refractivity (Wildman–Crippen MR) is 103 cm³/mol. The third kappa shape index (κ3) is 3.22. The number of fused-ring (bicyclic) bond motifs is 3. The maximum atomic E-state index is 6.06. The fraction of sp³-hybridized carbons (Fsp3) is 0.381. The van der Waals surface area contributed by atoms with Gasteiger partial charge in [-0.2, -0.15) is 4.57 Å². The molecule has 0 aliphatic heterocycles. The third-order valence-corrected chi connectivity index (χ3v) is 5.50. The Hall–Kier alpha value is -2.13. The van der Waals surface area contributed by atoms with Crippen LogP contribution in [0.15, 0.2) is 48.7 Å². The maximum Gasteiger partial charge on any atom is 0.215 e. The summed E-state index contributed by atoms with van der Waals surface area (Å²) >= 11 is 0. The van der Waals surface area contributed by atoms with E-state index < -0.39 is 0 Å². The van der Waals surface area contributed by atoms with Crippen LogP contribution in [0.2, 0.25) is 0 Å². The molecule has 0 unspecified atom stereocenters. The van der Waals surface area contributed by atoms with Crippen LogP contribution in [0.4, 0.5) is 5.69 Å². The van der Waals surface area contributed by atoms with Crippen LogP contribution >= 0.6 is 0 Å². The fourth-order valence-corrected chi connectivity index (χ4v) is 3.45. The highest BCUT2D eigenvalue weighted by Crippen LogP contribution is 2.24. The largest absolute Gasteiger partial charge is 0.399 e. The maximum absolute atomic E-state index is 6.06. The highest BCUT2D eigenvalue weighted by molar-refractivity contribution is 6.04. The van der Waals surface area contributed by atoms with Crippen LogP contribution in [0.25, 0.3) is 21.7 Å². The van der Waals surface area contributed by atoms with Crippen LogP contribution in [0.3, 0.4) is 0 Å². The first-order valence-corrected chi connectivity index (χ1v) is 9.00. The molecule has 0 aliphatic rings. The molecule has 0 aliphatic carbocycles. The molecule has 0 radical (unpaired) electrons. The molecule has 0 fully saturated rings. The Morgan fingerprint density at radius 2 is 1.75 bits per heavy atom. The van der Waals surface area contributed by atoms with Gasteiger partial charge in [-0.05, 0) is 32.0 Å². The van der Waals surface area contributed by atoms with Gasteiger partial charge in [-0.15, -0.1) is 0 Å². The van der Waals surface area contributed by atoms with E-state index in [1.807, 2.05) is 6.07 Å². The number of hydrogen-bond donors (Lipinski definition) is 1. The smallest absolute Gasteiger partial charge is 0.215 e. The van der Waals surface area contributed by atoms with Crippen molar-refractivity contribution >= 4 is 27.4 Å². The van der Waals surface area contributed by atoms with Crippen molar-refractivity contribution in [1.29, 1.82) is 0 Å². The van der Waals surface area contributed by atoms with E-state index in [1.165, 1.54) is 47.7 Å². The lowest BCUT2D eigenvalue weighted by Crippen LogP contribution is -2.46. The van der Waals surface area contributed by atoms with Crippen molar-refractivity contribution in [3.63, 3.8) is 0 Å². The molecule has 2 aromatic carbocycles. The lowest BCUT2D eigenvalue weighted by atomic mass is 10.1. The number of benzene rings is 2. The highest BCUT2D eigenvalue weighted by Gasteiger charge is 2.18. The minimum atomic E-state index is 0.828. The van der Waals surface area contributed by atoms with E-state index in [0.717, 1.165) is 16.7 Å². The number of nitrogen functional groups attached to an aromatic ring is 1. The van der Waals surface area contributed by atoms with Crippen molar-refractivity contribution < 1.29 is 9.05 Å². The molecule has 3 nitrogen and oxygen atoms in total. The third-order valence-electron chi connectivity index (χ3n) is 5.50. The highest BCUT2D eigenvalue weighted by atomic mass is 15.3. The molecule has 0 bridgehead atoms. The molecule has 3 aromatic rings. The first kappa shape index (κ1) is 16.7. The van der Waals surface area contributed by atoms with Gasteiger partial charge in [0.15, 0.2) is 12.7 Å². The molecule has 0 atom stereocenters. The zero-order chi connectivity index (χ0) is 17.2. The standard InChI is InChI=1S/C21H28N3/c1-4-24(3,5-2)14-8-13-23-16-17-9-6-7-10-19(17)20-12-11-18(22)15-21(20)23/h6-7,9-12,15-16,22H,4-5,8,13-14H2,1-3H3/q+1/p+1. The van der Waals surface area contributed by atoms with E-state index in [2.05, 4.69) is 68.1 Å². The van der Waals surface area contributed by atoms with Gasteiger partial charge in [0.1, 0.15) is 0 Å². The van der Waals surface area contributed by atoms with Crippen LogP contribution in [-0.4, -0.2) is 31.2 Å². The summed E-state index contributed by atoms with van der Waals surface area (Å²) in [6.45, 7) is 9.17. The first-order chi connectivity index (χ1) is 11.6. The normalized spacial score (nSPS) is 12.1. The van der Waals surface area contributed by atoms with E-state index in [4.69, 9.17) is 5.73 Å². The summed E-state index contributed by atoms with van der Waals surface area (Å²) in [5.41, 5.74) is 8.12. The summed E-state index contributed by atoms with van der Waals surface area (Å²) in [6, 6.07) is 14.9. The van der Waals surface area contributed by atoms with Crippen LogP contribution in [0, 0.1) is 0 Å². The Morgan fingerprint density at radius 3 is 2.50 bits per heavy atom. The van der Waals surface area contributed by atoms with E-state index in [-0.39, 0.29) is 0 Å². The second kappa shape index (κ2) is 6.78. The Balaban J connectivity index is 1.98. The van der Waals surface area contributed by atoms with Crippen LogP contribution in [0.5, 0.6) is 0 Å². The number of aryl methyl sites for hydroxylation is 1. The number of anilines is 1. The molecule has 0 spiro atoms. The number of aromatic nitrogens is 1. The topological polar surface area (TPSA) is 29.9 Å². The number of nitrogens with zero attached hydrogens (tertiary/aromatic N) is 2. The van der Waals surface area contributed by atoms with Gasteiger partial charge < -0.3 is 10.2 Å². The molecule has 1 aromatic heterocycles. The zero-order valence-electron chi connectivity index (χ0n) is 15.1. The lowest BCUT2D eigenvalue weighted by Gasteiger charge is -2.31. The zero-order valence-corrected chi connectivity index (χ0v) is 15.1. The molecule has 24 heavy (non-hydrogen) atoms. The average Bonchev–Trinajstić information content (AvgIpc) is 2.61. The SMILES string of the molecule is CC[N+](C)(CC)CCC[n+]1cc2ccccc2c2ccc(N)cc21. The van der Waals surface area contributed by atoms with Crippen molar-refractivity contribution in [2.75, 3.05) is 32.4 Å². The summed E-state index contributed by atoms with van der Waals surface area (Å²) < 4.78 is 3.51. The summed E-state index contributed by atoms with van der Waals surface area (Å²) in [5, 5.41) is 3.87. The van der Waals surface area contributed by atoms with Crippen LogP contribution < -0.4 is 10.3 Å². The van der Waals surface area contributed by atoms with Crippen molar-refractivity contribution in [1.82, 2.24) is 0 Å². The average molecular weight is 323 g/mol. The van der Waals surface area contributed by atoms with Crippen molar-refractivity contribution in [3.05, 3.63) is 48.7 Å². The van der Waals surface area contributed by atoms with Gasteiger partial charge in [-0.3, -0.25) is 0 Å². The molecule has 0 saturated heterocycles. The van der Waals surface area contributed by atoms with Crippen molar-refractivity contribution in [2.45, 2.75) is 26.8 Å². The summed E-state index contributed by atoms with van der Waals surface area (Å²) in [7, 11) is 2.35. The van der Waals surface area contributed by atoms with Crippen molar-refractivity contribution in [3.8, 4) is 0 Å². The van der Waals surface area contributed by atoms with E-state index in [9.17, 15) is 0 Å². The van der Waals surface area contributed by atoms with Gasteiger partial charge in [-0.25, -0.2) is 0 Å². The Morgan fingerprint density at radius 1 is 1.00 bits per heavy atom. The minimum absolute atomic E-state index is 0.828. The molecule has 1 heterocycles. The molecule has 3 rings (SSSR count). The molecule has 0 amide bonds. The molecule has 126 valence electrons. The first-order valence-electron chi connectivity index (χ1n) is 9.00. The minimum Gasteiger partial charge on any atom is -0.399 e. The summed E-state index contributed by atoms with van der Waals surface area (Å²) in [6.07, 6.45) is 3.45. The number of quaternary nitrogens is 1. The Labute approximate surface area is 144 Å². The lowest BCUT2D eigenvalue weighted by molar-refractivity contribution is -0.908. The number of hydrogen-bond acceptors (Lipinski definition) is 1. The quantitative estimate of drug-likeness (QED) is 0.318. The fourth-order valence-electron chi connectivity index (χ4n) is 3.45. The Bertz CT molecular complexity index is 850. The monoisotopic (exact) mass is 323 g/mol. The van der Waals surface area contributed by atoms with Gasteiger partial charge in [0, 0.05) is 22.5 Å². The predicted octanol–water partition coefficient (Wildman–Crippen LogP) is 3.74. The molecular formula is C21H29N3+2. The van der Waals surface area contributed by atoms with E-state index in [1.54, 1.807) is 0 Å². The van der Waals surface area contributed by atoms with E-state index >= 15 is 0 Å². The second-order valence-electron chi connectivity index (χ2n) is 7.02. The van der Waals surface area contributed by atoms with Gasteiger partial charge in [0.2, 0.25) is 5.52 Å². The molecule has 3 heteroatoms. The molecular weight excluding hydrogens is 294 g/mol. The van der Waals surface area contributed by atoms with E-state index in [0.29, 0.717) is 0 Å². The number of rotatable bonds is 6. The van der Waals surface area contributed by atoms with Gasteiger partial charge in [0.05, 0.1) is 38.5 Å². The van der Waals surface area contributed by atoms with Gasteiger partial charge in [-0.1, -0.05) is 18.2 Å². The summed E-state index contributed by atoms with van der Waals surface area (Å²) in [4.78, 5) is 0. The Kier molecular flexibility index (Phi) is 4.72. The van der Waals surface area contributed by atoms with Gasteiger partial charge in [0.25, 0.3) is 0 Å². The van der Waals surface area contributed by atoms with Gasteiger partial charge >= 0.3 is 0 Å². The van der Waals surface area contributed by atoms with Crippen LogP contribution in [-0.2, 0) is 6.54 Å². The second-order valence-corrected chi connectivity index (χ2v) is 7.02. The van der Waals surface area contributed by atoms with Crippen molar-refractivity contribution in [2.24, 2.45) is 0 Å². The summed E-state index contributed by atoms with van der Waals surface area (Å²) in [5.74, 6) is 0. The van der Waals surface area contributed by atoms with Crippen LogP contribution in [0.1, 0.15) is 20.3 Å². The molecule has 0 saturated carbocycles. The number of nitrogens with two attached hydrogens (primary N) is 1. The number of pyridine rings is 1.